The Morgan fingerprint density at radius 1 is 1.41 bits per heavy atom. The molecular formula is C14H15ClN2O4S. The quantitative estimate of drug-likeness (QED) is 0.624. The van der Waals surface area contributed by atoms with E-state index < -0.39 is 27.4 Å². The molecule has 118 valence electrons. The maximum Gasteiger partial charge on any atom is 0.245 e. The summed E-state index contributed by atoms with van der Waals surface area (Å²) in [5, 5.41) is 11.5. The van der Waals surface area contributed by atoms with E-state index in [0.29, 0.717) is 13.0 Å². The van der Waals surface area contributed by atoms with Crippen LogP contribution in [0.5, 0.6) is 0 Å². The molecule has 1 rings (SSSR count). The third kappa shape index (κ3) is 4.29. The summed E-state index contributed by atoms with van der Waals surface area (Å²) in [6.45, 7) is 2.18. The Bertz CT molecular complexity index is 738. The number of sulfone groups is 1. The van der Waals surface area contributed by atoms with E-state index in [-0.39, 0.29) is 15.5 Å². The largest absolute Gasteiger partial charge is 0.355 e. The van der Waals surface area contributed by atoms with Gasteiger partial charge < -0.3 is 5.32 Å². The minimum atomic E-state index is -3.62. The lowest BCUT2D eigenvalue weighted by molar-refractivity contribution is -0.122. The second kappa shape index (κ2) is 7.38. The van der Waals surface area contributed by atoms with Gasteiger partial charge in [0.05, 0.1) is 16.0 Å². The van der Waals surface area contributed by atoms with Crippen LogP contribution in [0.1, 0.15) is 23.7 Å². The van der Waals surface area contributed by atoms with Crippen LogP contribution < -0.4 is 5.32 Å². The number of nitrogens with one attached hydrogen (secondary N) is 1. The first kappa shape index (κ1) is 18.1. The fourth-order valence-electron chi connectivity index (χ4n) is 1.69. The minimum Gasteiger partial charge on any atom is -0.355 e. The Labute approximate surface area is 134 Å². The van der Waals surface area contributed by atoms with Crippen LogP contribution in [0.15, 0.2) is 23.1 Å². The van der Waals surface area contributed by atoms with Crippen molar-refractivity contribution in [2.24, 2.45) is 5.92 Å². The highest BCUT2D eigenvalue weighted by Crippen LogP contribution is 2.24. The summed E-state index contributed by atoms with van der Waals surface area (Å²) in [5.74, 6) is -3.00. The van der Waals surface area contributed by atoms with Crippen molar-refractivity contribution in [1.82, 2.24) is 5.32 Å². The Hall–Kier alpha value is -1.91. The first-order valence-electron chi connectivity index (χ1n) is 6.43. The van der Waals surface area contributed by atoms with Crippen LogP contribution in [0, 0.1) is 17.2 Å². The molecule has 0 spiro atoms. The summed E-state index contributed by atoms with van der Waals surface area (Å²) >= 11 is 5.80. The first-order valence-corrected chi connectivity index (χ1v) is 8.70. The van der Waals surface area contributed by atoms with Gasteiger partial charge in [0.2, 0.25) is 5.91 Å². The zero-order chi connectivity index (χ0) is 16.9. The number of hydrogen-bond donors (Lipinski definition) is 1. The second-order valence-electron chi connectivity index (χ2n) is 4.63. The molecule has 1 unspecified atom stereocenters. The Morgan fingerprint density at radius 3 is 2.55 bits per heavy atom. The smallest absolute Gasteiger partial charge is 0.245 e. The van der Waals surface area contributed by atoms with Gasteiger partial charge in [0, 0.05) is 18.4 Å². The summed E-state index contributed by atoms with van der Waals surface area (Å²) in [6.07, 6.45) is 1.62. The third-order valence-corrected chi connectivity index (χ3v) is 4.40. The number of rotatable bonds is 6. The Kier molecular flexibility index (Phi) is 6.09. The van der Waals surface area contributed by atoms with E-state index in [2.05, 4.69) is 5.32 Å². The van der Waals surface area contributed by atoms with Crippen molar-refractivity contribution in [3.05, 3.63) is 28.8 Å². The molecule has 0 aromatic heterocycles. The van der Waals surface area contributed by atoms with Crippen molar-refractivity contribution >= 4 is 33.1 Å². The standard InChI is InChI=1S/C14H15ClN2O4S/c1-3-6-17-14(19)10(8-16)13(18)9-4-5-11(15)12(7-9)22(2,20)21/h4-5,7,10H,3,6H2,1-2H3,(H,17,19). The predicted molar refractivity (Wildman–Crippen MR) is 81.3 cm³/mol. The molecule has 6 nitrogen and oxygen atoms in total. The number of halogens is 1. The molecule has 1 atom stereocenters. The highest BCUT2D eigenvalue weighted by molar-refractivity contribution is 7.90. The van der Waals surface area contributed by atoms with Crippen LogP contribution in [-0.2, 0) is 14.6 Å². The van der Waals surface area contributed by atoms with Gasteiger partial charge in [-0.1, -0.05) is 18.5 Å². The minimum absolute atomic E-state index is 0.0250. The van der Waals surface area contributed by atoms with Gasteiger partial charge in [-0.3, -0.25) is 9.59 Å². The summed E-state index contributed by atoms with van der Waals surface area (Å²) < 4.78 is 23.2. The zero-order valence-corrected chi connectivity index (χ0v) is 13.7. The molecular weight excluding hydrogens is 328 g/mol. The van der Waals surface area contributed by atoms with Crippen molar-refractivity contribution in [2.45, 2.75) is 18.2 Å². The molecule has 0 saturated heterocycles. The molecule has 0 radical (unpaired) electrons. The normalized spacial score (nSPS) is 12.3. The van der Waals surface area contributed by atoms with Crippen LogP contribution in [-0.4, -0.2) is 32.9 Å². The number of amides is 1. The molecule has 0 aliphatic carbocycles. The highest BCUT2D eigenvalue weighted by Gasteiger charge is 2.28. The maximum absolute atomic E-state index is 12.2. The average molecular weight is 343 g/mol. The van der Waals surface area contributed by atoms with E-state index in [9.17, 15) is 18.0 Å². The Morgan fingerprint density at radius 2 is 2.05 bits per heavy atom. The molecule has 0 heterocycles. The molecule has 1 amide bonds. The van der Waals surface area contributed by atoms with Crippen molar-refractivity contribution in [3.8, 4) is 6.07 Å². The fraction of sp³-hybridized carbons (Fsp3) is 0.357. The number of nitriles is 1. The molecule has 1 aromatic rings. The monoisotopic (exact) mass is 342 g/mol. The third-order valence-electron chi connectivity index (χ3n) is 2.82. The van der Waals surface area contributed by atoms with Crippen LogP contribution in [0.25, 0.3) is 0 Å². The van der Waals surface area contributed by atoms with Gasteiger partial charge in [-0.2, -0.15) is 5.26 Å². The lowest BCUT2D eigenvalue weighted by Crippen LogP contribution is -2.35. The van der Waals surface area contributed by atoms with Gasteiger partial charge in [0.1, 0.15) is 0 Å². The number of Topliss-reactive ketones (excluding diaryl/α,β-unsaturated/α-hetero) is 1. The number of carbonyl (C=O) groups is 2. The number of carbonyl (C=O) groups excluding carboxylic acids is 2. The first-order chi connectivity index (χ1) is 10.2. The van der Waals surface area contributed by atoms with Crippen molar-refractivity contribution in [1.29, 1.82) is 5.26 Å². The number of benzene rings is 1. The summed E-state index contributed by atoms with van der Waals surface area (Å²) in [4.78, 5) is 23.8. The van der Waals surface area contributed by atoms with Gasteiger partial charge in [-0.05, 0) is 24.6 Å². The number of nitrogens with zero attached hydrogens (tertiary/aromatic N) is 1. The van der Waals surface area contributed by atoms with Gasteiger partial charge in [-0.15, -0.1) is 0 Å². The molecule has 0 aliphatic rings. The average Bonchev–Trinajstić information content (AvgIpc) is 2.44. The van der Waals surface area contributed by atoms with E-state index in [0.717, 1.165) is 12.3 Å². The zero-order valence-electron chi connectivity index (χ0n) is 12.1. The van der Waals surface area contributed by atoms with Gasteiger partial charge in [0.25, 0.3) is 0 Å². The summed E-state index contributed by atoms with van der Waals surface area (Å²) in [5.41, 5.74) is -0.0528. The topological polar surface area (TPSA) is 104 Å². The van der Waals surface area contributed by atoms with Crippen LogP contribution in [0.2, 0.25) is 5.02 Å². The van der Waals surface area contributed by atoms with Crippen LogP contribution >= 0.6 is 11.6 Å². The Balaban J connectivity index is 3.17. The summed E-state index contributed by atoms with van der Waals surface area (Å²) in [7, 11) is -3.62. The SMILES string of the molecule is CCCNC(=O)C(C#N)C(=O)c1ccc(Cl)c(S(C)(=O)=O)c1. The van der Waals surface area contributed by atoms with Crippen molar-refractivity contribution in [3.63, 3.8) is 0 Å². The van der Waals surface area contributed by atoms with Crippen molar-refractivity contribution < 1.29 is 18.0 Å². The van der Waals surface area contributed by atoms with Gasteiger partial charge in [-0.25, -0.2) is 8.42 Å². The molecule has 0 aliphatic heterocycles. The second-order valence-corrected chi connectivity index (χ2v) is 7.03. The molecule has 8 heteroatoms. The van der Waals surface area contributed by atoms with E-state index >= 15 is 0 Å². The molecule has 0 bridgehead atoms. The van der Waals surface area contributed by atoms with E-state index in [4.69, 9.17) is 16.9 Å². The number of ketones is 1. The van der Waals surface area contributed by atoms with Gasteiger partial charge in [0.15, 0.2) is 21.5 Å². The lowest BCUT2D eigenvalue weighted by atomic mass is 9.98. The van der Waals surface area contributed by atoms with E-state index in [1.165, 1.54) is 12.1 Å². The predicted octanol–water partition coefficient (Wildman–Crippen LogP) is 1.59. The molecule has 0 saturated carbocycles. The number of hydrogen-bond acceptors (Lipinski definition) is 5. The van der Waals surface area contributed by atoms with Crippen LogP contribution in [0.3, 0.4) is 0 Å². The highest BCUT2D eigenvalue weighted by atomic mass is 35.5. The molecule has 1 aromatic carbocycles. The van der Waals surface area contributed by atoms with Crippen molar-refractivity contribution in [2.75, 3.05) is 12.8 Å². The molecule has 0 fully saturated rings. The fourth-order valence-corrected chi connectivity index (χ4v) is 3.00. The van der Waals surface area contributed by atoms with E-state index in [1.54, 1.807) is 6.07 Å². The molecule has 1 N–H and O–H groups in total. The van der Waals surface area contributed by atoms with Gasteiger partial charge >= 0.3 is 0 Å². The lowest BCUT2D eigenvalue weighted by Gasteiger charge is -2.10. The van der Waals surface area contributed by atoms with E-state index in [1.807, 2.05) is 6.92 Å². The molecule has 22 heavy (non-hydrogen) atoms. The summed E-state index contributed by atoms with van der Waals surface area (Å²) in [6, 6.07) is 5.26. The maximum atomic E-state index is 12.2. The van der Waals surface area contributed by atoms with Crippen LogP contribution in [0.4, 0.5) is 0 Å².